The Labute approximate surface area is 205 Å². The summed E-state index contributed by atoms with van der Waals surface area (Å²) in [6.07, 6.45) is 1.89. The molecule has 3 aromatic heterocycles. The smallest absolute Gasteiger partial charge is 0.330 e. The summed E-state index contributed by atoms with van der Waals surface area (Å²) in [5.41, 5.74) is 0.968. The molecule has 0 fully saturated rings. The second-order valence-corrected chi connectivity index (χ2v) is 10.7. The lowest BCUT2D eigenvalue weighted by Crippen LogP contribution is -2.31. The van der Waals surface area contributed by atoms with Gasteiger partial charge in [-0.05, 0) is 17.9 Å². The number of H-pyrrole nitrogens is 1. The number of hydrogen-bond donors (Lipinski definition) is 2. The van der Waals surface area contributed by atoms with Crippen molar-refractivity contribution < 1.29 is 0 Å². The molecule has 0 aliphatic heterocycles. The Morgan fingerprint density at radius 1 is 1.15 bits per heavy atom. The third-order valence-corrected chi connectivity index (χ3v) is 7.29. The molecule has 180 valence electrons. The maximum Gasteiger partial charge on any atom is 0.330 e. The minimum absolute atomic E-state index is 0.339. The summed E-state index contributed by atoms with van der Waals surface area (Å²) < 4.78 is 4.32. The summed E-state index contributed by atoms with van der Waals surface area (Å²) in [5, 5.41) is 12.6. The lowest BCUT2D eigenvalue weighted by atomic mass is 10.2. The molecule has 0 amide bonds. The third kappa shape index (κ3) is 5.58. The van der Waals surface area contributed by atoms with Crippen molar-refractivity contribution in [1.29, 1.82) is 0 Å². The van der Waals surface area contributed by atoms with Gasteiger partial charge in [0.05, 0.1) is 12.3 Å². The van der Waals surface area contributed by atoms with Crippen LogP contribution >= 0.6 is 23.1 Å². The maximum absolute atomic E-state index is 12.8. The van der Waals surface area contributed by atoms with E-state index in [0.717, 1.165) is 40.2 Å². The summed E-state index contributed by atoms with van der Waals surface area (Å²) in [6.45, 7) is 8.23. The highest BCUT2D eigenvalue weighted by Crippen LogP contribution is 2.29. The van der Waals surface area contributed by atoms with Gasteiger partial charge in [0, 0.05) is 13.1 Å². The highest BCUT2D eigenvalue weighted by molar-refractivity contribution is 8.00. The first-order valence-corrected chi connectivity index (χ1v) is 13.2. The molecule has 0 atom stereocenters. The quantitative estimate of drug-likeness (QED) is 0.301. The predicted molar refractivity (Wildman–Crippen MR) is 138 cm³/mol. The van der Waals surface area contributed by atoms with E-state index in [1.54, 1.807) is 4.57 Å². The van der Waals surface area contributed by atoms with Gasteiger partial charge in [-0.2, -0.15) is 0 Å². The molecule has 0 radical (unpaired) electrons. The van der Waals surface area contributed by atoms with E-state index in [0.29, 0.717) is 35.9 Å². The average molecular weight is 500 g/mol. The molecule has 4 rings (SSSR count). The number of aryl methyl sites for hydroxylation is 1. The summed E-state index contributed by atoms with van der Waals surface area (Å²) in [6, 6.07) is 9.69. The van der Waals surface area contributed by atoms with Crippen molar-refractivity contribution in [2.24, 2.45) is 5.92 Å². The number of nitrogens with one attached hydrogen (secondary N) is 2. The molecule has 9 nitrogen and oxygen atoms in total. The number of benzene rings is 1. The first-order valence-electron chi connectivity index (χ1n) is 11.4. The SMILES string of the molecule is CCCCn1c(CSc2nnc(NCC(C)C)s2)nc2c1c(=O)[nH]c(=O)n2Cc1ccccc1. The summed E-state index contributed by atoms with van der Waals surface area (Å²) in [4.78, 5) is 32.8. The van der Waals surface area contributed by atoms with E-state index in [-0.39, 0.29) is 0 Å². The van der Waals surface area contributed by atoms with Crippen molar-refractivity contribution in [3.05, 3.63) is 62.6 Å². The average Bonchev–Trinajstić information content (AvgIpc) is 3.43. The number of aromatic nitrogens is 6. The second kappa shape index (κ2) is 11.0. The van der Waals surface area contributed by atoms with E-state index < -0.39 is 11.2 Å². The number of unbranched alkanes of at least 4 members (excludes halogenated alkanes) is 1. The number of rotatable bonds is 11. The lowest BCUT2D eigenvalue weighted by Gasteiger charge is -2.08. The van der Waals surface area contributed by atoms with E-state index in [9.17, 15) is 9.59 Å². The molecule has 0 aliphatic rings. The minimum atomic E-state index is -0.453. The Bertz CT molecular complexity index is 1360. The number of thioether (sulfide) groups is 1. The van der Waals surface area contributed by atoms with Crippen LogP contribution in [-0.4, -0.2) is 35.8 Å². The molecule has 0 saturated heterocycles. The molecular formula is C23H29N7O2S2. The van der Waals surface area contributed by atoms with Crippen molar-refractivity contribution in [2.45, 2.75) is 56.8 Å². The molecule has 34 heavy (non-hydrogen) atoms. The topological polar surface area (TPSA) is 110 Å². The molecule has 0 spiro atoms. The zero-order valence-corrected chi connectivity index (χ0v) is 21.2. The molecule has 0 aliphatic carbocycles. The number of fused-ring (bicyclic) bond motifs is 1. The molecule has 0 unspecified atom stereocenters. The molecule has 2 N–H and O–H groups in total. The zero-order chi connectivity index (χ0) is 24.1. The van der Waals surface area contributed by atoms with Gasteiger partial charge in [-0.1, -0.05) is 80.6 Å². The standard InChI is InChI=1S/C23H29N7O2S2/c1-4-5-11-29-17(14-33-23-28-27-21(34-23)24-12-15(2)3)25-19-18(29)20(31)26-22(32)30(19)13-16-9-7-6-8-10-16/h6-10,15H,4-5,11-14H2,1-3H3,(H,24,27)(H,26,31,32). The number of anilines is 1. The van der Waals surface area contributed by atoms with E-state index in [1.807, 2.05) is 34.9 Å². The van der Waals surface area contributed by atoms with Crippen LogP contribution < -0.4 is 16.6 Å². The summed E-state index contributed by atoms with van der Waals surface area (Å²) >= 11 is 3.04. The zero-order valence-electron chi connectivity index (χ0n) is 19.6. The lowest BCUT2D eigenvalue weighted by molar-refractivity contribution is 0.626. The van der Waals surface area contributed by atoms with E-state index in [4.69, 9.17) is 4.98 Å². The highest BCUT2D eigenvalue weighted by Gasteiger charge is 2.19. The number of nitrogens with zero attached hydrogens (tertiary/aromatic N) is 5. The second-order valence-electron chi connectivity index (χ2n) is 8.47. The Hall–Kier alpha value is -2.92. The van der Waals surface area contributed by atoms with Gasteiger partial charge in [-0.25, -0.2) is 9.78 Å². The van der Waals surface area contributed by atoms with Crippen molar-refractivity contribution >= 4 is 39.4 Å². The Balaban J connectivity index is 1.67. The fourth-order valence-corrected chi connectivity index (χ4v) is 5.26. The third-order valence-electron chi connectivity index (χ3n) is 5.28. The molecule has 11 heteroatoms. The highest BCUT2D eigenvalue weighted by atomic mass is 32.2. The largest absolute Gasteiger partial charge is 0.360 e. The van der Waals surface area contributed by atoms with Crippen LogP contribution in [0.5, 0.6) is 0 Å². The normalized spacial score (nSPS) is 11.5. The molecule has 0 saturated carbocycles. The van der Waals surface area contributed by atoms with Gasteiger partial charge in [-0.15, -0.1) is 10.2 Å². The van der Waals surface area contributed by atoms with Gasteiger partial charge in [0.1, 0.15) is 5.82 Å². The van der Waals surface area contributed by atoms with E-state index in [1.165, 1.54) is 23.1 Å². The van der Waals surface area contributed by atoms with E-state index >= 15 is 0 Å². The summed E-state index contributed by atoms with van der Waals surface area (Å²) in [7, 11) is 0. The maximum atomic E-state index is 12.8. The van der Waals surface area contributed by atoms with Crippen molar-refractivity contribution in [1.82, 2.24) is 29.3 Å². The Morgan fingerprint density at radius 3 is 2.68 bits per heavy atom. The van der Waals surface area contributed by atoms with Crippen LogP contribution in [0.25, 0.3) is 11.2 Å². The van der Waals surface area contributed by atoms with Crippen molar-refractivity contribution in [2.75, 3.05) is 11.9 Å². The van der Waals surface area contributed by atoms with Crippen LogP contribution in [0.4, 0.5) is 5.13 Å². The number of hydrogen-bond acceptors (Lipinski definition) is 8. The van der Waals surface area contributed by atoms with Gasteiger partial charge < -0.3 is 9.88 Å². The van der Waals surface area contributed by atoms with Gasteiger partial charge in [-0.3, -0.25) is 14.3 Å². The van der Waals surface area contributed by atoms with Gasteiger partial charge in [0.25, 0.3) is 5.56 Å². The Kier molecular flexibility index (Phi) is 7.84. The fourth-order valence-electron chi connectivity index (χ4n) is 3.55. The van der Waals surface area contributed by atoms with Crippen LogP contribution in [-0.2, 0) is 18.8 Å². The molecule has 3 heterocycles. The fraction of sp³-hybridized carbons (Fsp3) is 0.435. The van der Waals surface area contributed by atoms with Crippen LogP contribution in [0.1, 0.15) is 45.0 Å². The number of imidazole rings is 1. The van der Waals surface area contributed by atoms with Crippen LogP contribution in [0.2, 0.25) is 0 Å². The van der Waals surface area contributed by atoms with Crippen molar-refractivity contribution in [3.63, 3.8) is 0 Å². The minimum Gasteiger partial charge on any atom is -0.360 e. The van der Waals surface area contributed by atoms with Crippen LogP contribution in [0, 0.1) is 5.92 Å². The van der Waals surface area contributed by atoms with Gasteiger partial charge in [0.2, 0.25) is 5.13 Å². The first kappa shape index (κ1) is 24.2. The first-order chi connectivity index (χ1) is 16.5. The van der Waals surface area contributed by atoms with Crippen molar-refractivity contribution in [3.8, 4) is 0 Å². The molecule has 1 aromatic carbocycles. The molecular weight excluding hydrogens is 470 g/mol. The van der Waals surface area contributed by atoms with E-state index in [2.05, 4.69) is 41.3 Å². The van der Waals surface area contributed by atoms with Crippen LogP contribution in [0.3, 0.4) is 0 Å². The number of aromatic amines is 1. The molecule has 0 bridgehead atoms. The van der Waals surface area contributed by atoms with Gasteiger partial charge >= 0.3 is 5.69 Å². The van der Waals surface area contributed by atoms with Gasteiger partial charge in [0.15, 0.2) is 15.5 Å². The Morgan fingerprint density at radius 2 is 1.94 bits per heavy atom. The molecule has 4 aromatic rings. The summed E-state index contributed by atoms with van der Waals surface area (Å²) in [5.74, 6) is 1.79. The van der Waals surface area contributed by atoms with Crippen LogP contribution in [0.15, 0.2) is 44.3 Å². The predicted octanol–water partition coefficient (Wildman–Crippen LogP) is 3.95. The monoisotopic (exact) mass is 499 g/mol.